The molecule has 0 aromatic heterocycles. The molecule has 0 amide bonds. The van der Waals surface area contributed by atoms with Crippen molar-refractivity contribution in [3.05, 3.63) is 36.4 Å². The van der Waals surface area contributed by atoms with Crippen LogP contribution in [0.3, 0.4) is 0 Å². The first-order chi connectivity index (χ1) is 7.27. The van der Waals surface area contributed by atoms with E-state index >= 15 is 0 Å². The zero-order valence-electron chi connectivity index (χ0n) is 8.87. The molecule has 15 heavy (non-hydrogen) atoms. The lowest BCUT2D eigenvalue weighted by Crippen LogP contribution is -2.42. The zero-order valence-corrected chi connectivity index (χ0v) is 8.87. The maximum atomic E-state index is 5.65. The second-order valence-corrected chi connectivity index (χ2v) is 3.81. The van der Waals surface area contributed by atoms with Crippen LogP contribution >= 0.6 is 0 Å². The normalized spacial score (nSPS) is 16.4. The molecule has 0 unspecified atom stereocenters. The molecule has 1 aliphatic heterocycles. The van der Waals surface area contributed by atoms with Crippen molar-refractivity contribution in [2.45, 2.75) is 0 Å². The van der Waals surface area contributed by atoms with Crippen molar-refractivity contribution >= 4 is 11.4 Å². The van der Waals surface area contributed by atoms with E-state index in [0.717, 1.165) is 43.1 Å². The van der Waals surface area contributed by atoms with Gasteiger partial charge in [0.05, 0.1) is 0 Å². The van der Waals surface area contributed by atoms with Crippen LogP contribution in [0.4, 0.5) is 5.69 Å². The zero-order chi connectivity index (χ0) is 10.7. The Labute approximate surface area is 90.6 Å². The molecule has 0 spiro atoms. The van der Waals surface area contributed by atoms with E-state index in [0.29, 0.717) is 0 Å². The van der Waals surface area contributed by atoms with Crippen molar-refractivity contribution in [3.8, 4) is 0 Å². The number of hydrogen-bond acceptors (Lipinski definition) is 3. The van der Waals surface area contributed by atoms with E-state index in [-0.39, 0.29) is 0 Å². The molecule has 3 heteroatoms. The van der Waals surface area contributed by atoms with E-state index < -0.39 is 0 Å². The lowest BCUT2D eigenvalue weighted by atomic mass is 10.1. The molecule has 1 saturated heterocycles. The second-order valence-electron chi connectivity index (χ2n) is 3.81. The number of piperazine rings is 1. The van der Waals surface area contributed by atoms with Gasteiger partial charge in [0, 0.05) is 37.6 Å². The fraction of sp³-hybridized carbons (Fsp3) is 0.333. The highest BCUT2D eigenvalue weighted by molar-refractivity contribution is 5.63. The number of nitrogen functional groups attached to an aromatic ring is 1. The maximum Gasteiger partial charge on any atom is 0.0367 e. The summed E-state index contributed by atoms with van der Waals surface area (Å²) in [5.41, 5.74) is 8.70. The summed E-state index contributed by atoms with van der Waals surface area (Å²) in [7, 11) is 0. The molecule has 3 nitrogen and oxygen atoms in total. The first-order valence-corrected chi connectivity index (χ1v) is 5.28. The monoisotopic (exact) mass is 203 g/mol. The molecule has 1 aliphatic rings. The van der Waals surface area contributed by atoms with Crippen molar-refractivity contribution in [2.24, 2.45) is 0 Å². The van der Waals surface area contributed by atoms with Crippen LogP contribution in [-0.4, -0.2) is 31.1 Å². The molecule has 80 valence electrons. The van der Waals surface area contributed by atoms with E-state index in [4.69, 9.17) is 5.73 Å². The first-order valence-electron chi connectivity index (χ1n) is 5.28. The molecule has 1 aromatic carbocycles. The lowest BCUT2D eigenvalue weighted by Gasteiger charge is -2.31. The summed E-state index contributed by atoms with van der Waals surface area (Å²) in [5.74, 6) is 0. The van der Waals surface area contributed by atoms with Crippen LogP contribution in [0.1, 0.15) is 5.56 Å². The highest BCUT2D eigenvalue weighted by atomic mass is 15.2. The molecule has 1 fully saturated rings. The minimum Gasteiger partial charge on any atom is -0.399 e. The molecule has 0 radical (unpaired) electrons. The molecule has 3 N–H and O–H groups in total. The third-order valence-corrected chi connectivity index (χ3v) is 2.74. The molecule has 0 bridgehead atoms. The van der Waals surface area contributed by atoms with Gasteiger partial charge in [-0.2, -0.15) is 0 Å². The van der Waals surface area contributed by atoms with Gasteiger partial charge in [-0.3, -0.25) is 0 Å². The first kappa shape index (κ1) is 10.1. The largest absolute Gasteiger partial charge is 0.399 e. The molecule has 1 aromatic rings. The van der Waals surface area contributed by atoms with Crippen molar-refractivity contribution in [3.63, 3.8) is 0 Å². The van der Waals surface area contributed by atoms with Gasteiger partial charge in [-0.1, -0.05) is 18.7 Å². The third kappa shape index (κ3) is 2.30. The molecule has 2 rings (SSSR count). The Morgan fingerprint density at radius 3 is 2.40 bits per heavy atom. The third-order valence-electron chi connectivity index (χ3n) is 2.74. The molecular weight excluding hydrogens is 186 g/mol. The highest BCUT2D eigenvalue weighted by Crippen LogP contribution is 2.18. The molecule has 0 saturated carbocycles. The van der Waals surface area contributed by atoms with Crippen molar-refractivity contribution in [2.75, 3.05) is 31.9 Å². The Bertz CT molecular complexity index is 336. The molecular formula is C12H17N3. The van der Waals surface area contributed by atoms with Gasteiger partial charge < -0.3 is 16.0 Å². The fourth-order valence-corrected chi connectivity index (χ4v) is 1.79. The van der Waals surface area contributed by atoms with Crippen LogP contribution in [0.5, 0.6) is 0 Å². The van der Waals surface area contributed by atoms with Crippen LogP contribution in [0.25, 0.3) is 5.70 Å². The molecule has 0 atom stereocenters. The highest BCUT2D eigenvalue weighted by Gasteiger charge is 2.12. The van der Waals surface area contributed by atoms with E-state index in [9.17, 15) is 0 Å². The van der Waals surface area contributed by atoms with Crippen LogP contribution in [0.15, 0.2) is 30.8 Å². The summed E-state index contributed by atoms with van der Waals surface area (Å²) in [6.45, 7) is 8.27. The number of rotatable bonds is 2. The predicted octanol–water partition coefficient (Wildman–Crippen LogP) is 1.14. The van der Waals surface area contributed by atoms with Gasteiger partial charge in [-0.05, 0) is 17.7 Å². The summed E-state index contributed by atoms with van der Waals surface area (Å²) in [5, 5.41) is 3.33. The summed E-state index contributed by atoms with van der Waals surface area (Å²) >= 11 is 0. The van der Waals surface area contributed by atoms with Gasteiger partial charge in [-0.25, -0.2) is 0 Å². The molecule has 1 heterocycles. The number of anilines is 1. The van der Waals surface area contributed by atoms with Crippen molar-refractivity contribution in [1.29, 1.82) is 0 Å². The summed E-state index contributed by atoms with van der Waals surface area (Å²) in [6.07, 6.45) is 0. The maximum absolute atomic E-state index is 5.65. The quantitative estimate of drug-likeness (QED) is 0.708. The number of nitrogens with one attached hydrogen (secondary N) is 1. The fourth-order valence-electron chi connectivity index (χ4n) is 1.79. The predicted molar refractivity (Wildman–Crippen MR) is 64.3 cm³/mol. The van der Waals surface area contributed by atoms with Gasteiger partial charge in [0.15, 0.2) is 0 Å². The SMILES string of the molecule is C=C(c1ccc(N)cc1)N1CCNCC1. The summed E-state index contributed by atoms with van der Waals surface area (Å²) in [6, 6.07) is 7.89. The Morgan fingerprint density at radius 1 is 1.20 bits per heavy atom. The topological polar surface area (TPSA) is 41.3 Å². The van der Waals surface area contributed by atoms with Gasteiger partial charge in [-0.15, -0.1) is 0 Å². The average Bonchev–Trinajstić information content (AvgIpc) is 2.30. The minimum atomic E-state index is 0.798. The Kier molecular flexibility index (Phi) is 2.92. The Hall–Kier alpha value is -1.48. The van der Waals surface area contributed by atoms with Crippen molar-refractivity contribution < 1.29 is 0 Å². The van der Waals surface area contributed by atoms with E-state index in [1.807, 2.05) is 24.3 Å². The smallest absolute Gasteiger partial charge is 0.0367 e. The van der Waals surface area contributed by atoms with Crippen LogP contribution in [0, 0.1) is 0 Å². The number of nitrogens with two attached hydrogens (primary N) is 1. The van der Waals surface area contributed by atoms with Gasteiger partial charge in [0.25, 0.3) is 0 Å². The number of nitrogens with zero attached hydrogens (tertiary/aromatic N) is 1. The van der Waals surface area contributed by atoms with Gasteiger partial charge >= 0.3 is 0 Å². The summed E-state index contributed by atoms with van der Waals surface area (Å²) < 4.78 is 0. The van der Waals surface area contributed by atoms with E-state index in [2.05, 4.69) is 16.8 Å². The minimum absolute atomic E-state index is 0.798. The Morgan fingerprint density at radius 2 is 1.80 bits per heavy atom. The number of benzene rings is 1. The van der Waals surface area contributed by atoms with E-state index in [1.165, 1.54) is 0 Å². The number of hydrogen-bond donors (Lipinski definition) is 2. The Balaban J connectivity index is 2.09. The van der Waals surface area contributed by atoms with Crippen LogP contribution in [-0.2, 0) is 0 Å². The van der Waals surface area contributed by atoms with Crippen LogP contribution in [0.2, 0.25) is 0 Å². The van der Waals surface area contributed by atoms with E-state index in [1.54, 1.807) is 0 Å². The standard InChI is InChI=1S/C12H17N3/c1-10(15-8-6-14-7-9-15)11-2-4-12(13)5-3-11/h2-5,14H,1,6-9,13H2. The van der Waals surface area contributed by atoms with Crippen molar-refractivity contribution in [1.82, 2.24) is 10.2 Å². The van der Waals surface area contributed by atoms with Gasteiger partial charge in [0.1, 0.15) is 0 Å². The molecule has 0 aliphatic carbocycles. The van der Waals surface area contributed by atoms with Crippen LogP contribution < -0.4 is 11.1 Å². The lowest BCUT2D eigenvalue weighted by molar-refractivity contribution is 0.341. The summed E-state index contributed by atoms with van der Waals surface area (Å²) in [4.78, 5) is 2.31. The average molecular weight is 203 g/mol. The second kappa shape index (κ2) is 4.36. The van der Waals surface area contributed by atoms with Gasteiger partial charge in [0.2, 0.25) is 0 Å².